The molecule has 0 bridgehead atoms. The molecule has 0 N–H and O–H groups in total. The fraction of sp³-hybridized carbons (Fsp3) is 0.400. The Hall–Kier alpha value is -2.76. The summed E-state index contributed by atoms with van der Waals surface area (Å²) in [5, 5.41) is 0. The zero-order valence-corrected chi connectivity index (χ0v) is 14.9. The maximum atomic E-state index is 12.8. The minimum absolute atomic E-state index is 0.104. The first kappa shape index (κ1) is 18.0. The molecule has 0 saturated heterocycles. The van der Waals surface area contributed by atoms with Crippen molar-refractivity contribution in [1.29, 1.82) is 0 Å². The molecule has 0 spiro atoms. The second kappa shape index (κ2) is 8.56. The highest BCUT2D eigenvalue weighted by Crippen LogP contribution is 2.27. The topological polar surface area (TPSA) is 72.4 Å². The molecule has 136 valence electrons. The predicted octanol–water partition coefficient (Wildman–Crippen LogP) is 3.31. The lowest BCUT2D eigenvalue weighted by Gasteiger charge is -2.34. The Labute approximate surface area is 153 Å². The summed E-state index contributed by atoms with van der Waals surface area (Å²) in [7, 11) is 0. The third-order valence-corrected chi connectivity index (χ3v) is 4.56. The van der Waals surface area contributed by atoms with Crippen LogP contribution < -0.4 is 4.90 Å². The number of anilines is 1. The van der Waals surface area contributed by atoms with Gasteiger partial charge in [0, 0.05) is 17.9 Å². The molecular weight excluding hydrogens is 330 g/mol. The molecule has 6 heteroatoms. The van der Waals surface area contributed by atoms with Crippen molar-refractivity contribution in [3.05, 3.63) is 54.1 Å². The minimum Gasteiger partial charge on any atom is -0.451 e. The molecule has 1 aliphatic rings. The van der Waals surface area contributed by atoms with Gasteiger partial charge in [0.05, 0.1) is 11.9 Å². The monoisotopic (exact) mass is 353 g/mol. The summed E-state index contributed by atoms with van der Waals surface area (Å²) in [6.07, 6.45) is 8.22. The molecule has 0 unspecified atom stereocenters. The number of hydrogen-bond donors (Lipinski definition) is 0. The van der Waals surface area contributed by atoms with Gasteiger partial charge in [0.1, 0.15) is 0 Å². The minimum atomic E-state index is -0.637. The third-order valence-electron chi connectivity index (χ3n) is 4.56. The largest absolute Gasteiger partial charge is 0.451 e. The van der Waals surface area contributed by atoms with E-state index in [4.69, 9.17) is 4.74 Å². The molecule has 26 heavy (non-hydrogen) atoms. The Kier molecular flexibility index (Phi) is 5.94. The average molecular weight is 353 g/mol. The Balaban J connectivity index is 1.69. The summed E-state index contributed by atoms with van der Waals surface area (Å²) < 4.78 is 5.19. The molecule has 3 rings (SSSR count). The molecule has 1 aliphatic carbocycles. The lowest BCUT2D eigenvalue weighted by molar-refractivity contribution is -0.122. The van der Waals surface area contributed by atoms with Crippen LogP contribution in [0.15, 0.2) is 42.7 Å². The molecule has 1 aromatic carbocycles. The average Bonchev–Trinajstić information content (AvgIpc) is 2.68. The molecule has 1 amide bonds. The van der Waals surface area contributed by atoms with Crippen LogP contribution in [0.2, 0.25) is 0 Å². The number of aryl methyl sites for hydroxylation is 1. The van der Waals surface area contributed by atoms with Crippen molar-refractivity contribution in [2.24, 2.45) is 0 Å². The fourth-order valence-corrected chi connectivity index (χ4v) is 3.26. The van der Waals surface area contributed by atoms with E-state index >= 15 is 0 Å². The molecule has 0 atom stereocenters. The van der Waals surface area contributed by atoms with Gasteiger partial charge in [-0.2, -0.15) is 0 Å². The van der Waals surface area contributed by atoms with Gasteiger partial charge < -0.3 is 9.64 Å². The molecule has 0 radical (unpaired) electrons. The van der Waals surface area contributed by atoms with Crippen LogP contribution in [-0.4, -0.2) is 34.5 Å². The van der Waals surface area contributed by atoms with Crippen molar-refractivity contribution in [1.82, 2.24) is 9.97 Å². The Morgan fingerprint density at radius 2 is 1.81 bits per heavy atom. The SMILES string of the molecule is Cc1cnc(C(=O)OCC(=O)N(c2ccccc2)C2CCCCC2)cn1. The molecule has 0 aliphatic heterocycles. The Bertz CT molecular complexity index is 741. The van der Waals surface area contributed by atoms with Crippen molar-refractivity contribution in [3.63, 3.8) is 0 Å². The van der Waals surface area contributed by atoms with Crippen LogP contribution in [0.5, 0.6) is 0 Å². The van der Waals surface area contributed by atoms with E-state index in [0.29, 0.717) is 5.69 Å². The summed E-state index contributed by atoms with van der Waals surface area (Å²) in [5.41, 5.74) is 1.66. The highest BCUT2D eigenvalue weighted by molar-refractivity contribution is 5.97. The van der Waals surface area contributed by atoms with Gasteiger partial charge in [-0.1, -0.05) is 37.5 Å². The number of rotatable bonds is 5. The van der Waals surface area contributed by atoms with E-state index in [-0.39, 0.29) is 24.2 Å². The van der Waals surface area contributed by atoms with E-state index in [2.05, 4.69) is 9.97 Å². The number of nitrogens with zero attached hydrogens (tertiary/aromatic N) is 3. The standard InChI is InChI=1S/C20H23N3O3/c1-15-12-22-18(13-21-15)20(25)26-14-19(24)23(16-8-4-2-5-9-16)17-10-6-3-7-11-17/h2,4-5,8-9,12-13,17H,3,6-7,10-11,14H2,1H3. The first-order valence-electron chi connectivity index (χ1n) is 8.98. The highest BCUT2D eigenvalue weighted by atomic mass is 16.5. The summed E-state index contributed by atoms with van der Waals surface area (Å²) in [6.45, 7) is 1.48. The second-order valence-electron chi connectivity index (χ2n) is 6.51. The van der Waals surface area contributed by atoms with Crippen molar-refractivity contribution >= 4 is 17.6 Å². The number of esters is 1. The molecule has 1 saturated carbocycles. The van der Waals surface area contributed by atoms with Gasteiger partial charge in [0.25, 0.3) is 5.91 Å². The summed E-state index contributed by atoms with van der Waals surface area (Å²) in [4.78, 5) is 34.7. The fourth-order valence-electron chi connectivity index (χ4n) is 3.26. The van der Waals surface area contributed by atoms with Crippen LogP contribution in [-0.2, 0) is 9.53 Å². The van der Waals surface area contributed by atoms with Gasteiger partial charge in [-0.15, -0.1) is 0 Å². The van der Waals surface area contributed by atoms with Crippen LogP contribution in [0.25, 0.3) is 0 Å². The van der Waals surface area contributed by atoms with Crippen molar-refractivity contribution in [2.75, 3.05) is 11.5 Å². The van der Waals surface area contributed by atoms with E-state index in [1.807, 2.05) is 30.3 Å². The van der Waals surface area contributed by atoms with Gasteiger partial charge in [0.2, 0.25) is 0 Å². The molecule has 1 heterocycles. The summed E-state index contributed by atoms with van der Waals surface area (Å²) in [6, 6.07) is 9.72. The Morgan fingerprint density at radius 1 is 1.08 bits per heavy atom. The normalized spacial score (nSPS) is 14.7. The van der Waals surface area contributed by atoms with E-state index in [1.165, 1.54) is 18.8 Å². The number of carbonyl (C=O) groups excluding carboxylic acids is 2. The van der Waals surface area contributed by atoms with E-state index in [1.54, 1.807) is 11.8 Å². The molecule has 1 fully saturated rings. The number of para-hydroxylation sites is 1. The number of amides is 1. The molecule has 6 nitrogen and oxygen atoms in total. The van der Waals surface area contributed by atoms with Gasteiger partial charge in [-0.05, 0) is 31.9 Å². The number of hydrogen-bond acceptors (Lipinski definition) is 5. The molecule has 2 aromatic rings. The lowest BCUT2D eigenvalue weighted by atomic mass is 9.93. The smallest absolute Gasteiger partial charge is 0.359 e. The Morgan fingerprint density at radius 3 is 2.46 bits per heavy atom. The first-order chi connectivity index (χ1) is 12.6. The van der Waals surface area contributed by atoms with Crippen molar-refractivity contribution in [2.45, 2.75) is 45.1 Å². The maximum Gasteiger partial charge on any atom is 0.359 e. The van der Waals surface area contributed by atoms with Crippen molar-refractivity contribution in [3.8, 4) is 0 Å². The number of ether oxygens (including phenoxy) is 1. The first-order valence-corrected chi connectivity index (χ1v) is 8.98. The zero-order chi connectivity index (χ0) is 18.4. The van der Waals surface area contributed by atoms with Crippen LogP contribution >= 0.6 is 0 Å². The molecule has 1 aromatic heterocycles. The number of carbonyl (C=O) groups is 2. The predicted molar refractivity (Wildman–Crippen MR) is 97.9 cm³/mol. The van der Waals surface area contributed by atoms with Crippen LogP contribution in [0.4, 0.5) is 5.69 Å². The highest BCUT2D eigenvalue weighted by Gasteiger charge is 2.27. The summed E-state index contributed by atoms with van der Waals surface area (Å²) in [5.74, 6) is -0.848. The van der Waals surface area contributed by atoms with Gasteiger partial charge >= 0.3 is 5.97 Å². The summed E-state index contributed by atoms with van der Waals surface area (Å²) >= 11 is 0. The van der Waals surface area contributed by atoms with Crippen LogP contribution in [0, 0.1) is 6.92 Å². The third kappa shape index (κ3) is 4.45. The number of aromatic nitrogens is 2. The van der Waals surface area contributed by atoms with E-state index < -0.39 is 5.97 Å². The van der Waals surface area contributed by atoms with Crippen LogP contribution in [0.1, 0.15) is 48.3 Å². The van der Waals surface area contributed by atoms with Gasteiger partial charge in [-0.25, -0.2) is 9.78 Å². The maximum absolute atomic E-state index is 12.8. The van der Waals surface area contributed by atoms with Gasteiger partial charge in [-0.3, -0.25) is 9.78 Å². The van der Waals surface area contributed by atoms with E-state index in [0.717, 1.165) is 31.4 Å². The zero-order valence-electron chi connectivity index (χ0n) is 14.9. The van der Waals surface area contributed by atoms with Crippen LogP contribution in [0.3, 0.4) is 0 Å². The second-order valence-corrected chi connectivity index (χ2v) is 6.51. The molecular formula is C20H23N3O3. The lowest BCUT2D eigenvalue weighted by Crippen LogP contribution is -2.43. The van der Waals surface area contributed by atoms with Gasteiger partial charge in [0.15, 0.2) is 12.3 Å². The quantitative estimate of drug-likeness (QED) is 0.771. The number of benzene rings is 1. The van der Waals surface area contributed by atoms with Crippen molar-refractivity contribution < 1.29 is 14.3 Å². The van der Waals surface area contributed by atoms with E-state index in [9.17, 15) is 9.59 Å².